The van der Waals surface area contributed by atoms with Crippen LogP contribution in [0.1, 0.15) is 26.2 Å². The fraction of sp³-hybridized carbons (Fsp3) is 0.444. The smallest absolute Gasteiger partial charge is 0.367 e. The van der Waals surface area contributed by atoms with Crippen LogP contribution >= 0.6 is 10.3 Å². The second-order valence-electron chi connectivity index (χ2n) is 6.32. The van der Waals surface area contributed by atoms with E-state index in [-0.39, 0.29) is 5.75 Å². The summed E-state index contributed by atoms with van der Waals surface area (Å²) in [5.41, 5.74) is -6.17. The zero-order valence-corrected chi connectivity index (χ0v) is 16.4. The number of hydrogen-bond donors (Lipinski definition) is 0. The molecule has 27 heavy (non-hydrogen) atoms. The molecule has 2 aromatic rings. The maximum atomic E-state index is 13.1. The maximum absolute atomic E-state index is 13.1. The molecule has 0 aliphatic carbocycles. The minimum Gasteiger partial charge on any atom is -0.367 e. The van der Waals surface area contributed by atoms with E-state index in [4.69, 9.17) is 8.37 Å². The maximum Gasteiger partial charge on any atom is 0.523 e. The Morgan fingerprint density at radius 2 is 1.85 bits per heavy atom. The molecule has 0 saturated carbocycles. The van der Waals surface area contributed by atoms with Gasteiger partial charge in [0.05, 0.1) is 0 Å². The van der Waals surface area contributed by atoms with E-state index >= 15 is 0 Å². The number of halogens is 3. The lowest BCUT2D eigenvalue weighted by Gasteiger charge is -2.40. The standard InChI is InChI=1S/C18H21F3O4S2/c1-2-12-24-17-11-6-13-26(17,25-27(22,23)18(19,20)21)16-10-5-8-14-7-3-4-9-15(14)16/h3-5,7-10,17H,2,6,11-13H2,1H3. The average molecular weight is 422 g/mol. The summed E-state index contributed by atoms with van der Waals surface area (Å²) in [5.74, 6) is 0.213. The molecule has 0 bridgehead atoms. The number of alkyl halides is 3. The van der Waals surface area contributed by atoms with E-state index < -0.39 is 31.4 Å². The number of rotatable bonds is 6. The van der Waals surface area contributed by atoms with Crippen molar-refractivity contribution in [3.63, 3.8) is 0 Å². The van der Waals surface area contributed by atoms with Gasteiger partial charge in [-0.2, -0.15) is 21.6 Å². The minimum absolute atomic E-state index is 0.213. The summed E-state index contributed by atoms with van der Waals surface area (Å²) in [6.45, 7) is 2.22. The summed E-state index contributed by atoms with van der Waals surface area (Å²) in [5, 5.41) is 1.51. The van der Waals surface area contributed by atoms with Gasteiger partial charge >= 0.3 is 15.6 Å². The Bertz CT molecular complexity index is 909. The molecule has 2 aromatic carbocycles. The first kappa shape index (κ1) is 20.4. The molecule has 1 heterocycles. The fourth-order valence-electron chi connectivity index (χ4n) is 3.29. The molecule has 150 valence electrons. The van der Waals surface area contributed by atoms with Crippen molar-refractivity contribution in [1.82, 2.24) is 0 Å². The molecule has 1 aliphatic heterocycles. The second kappa shape index (κ2) is 7.62. The van der Waals surface area contributed by atoms with Gasteiger partial charge in [-0.25, -0.2) is 3.63 Å². The third-order valence-electron chi connectivity index (χ3n) is 4.44. The monoisotopic (exact) mass is 422 g/mol. The molecule has 9 heteroatoms. The molecule has 0 spiro atoms. The first-order valence-corrected chi connectivity index (χ1v) is 11.8. The van der Waals surface area contributed by atoms with E-state index in [1.807, 2.05) is 25.1 Å². The molecular formula is C18H21F3O4S2. The third-order valence-corrected chi connectivity index (χ3v) is 9.91. The highest BCUT2D eigenvalue weighted by Crippen LogP contribution is 2.69. The Morgan fingerprint density at radius 1 is 1.15 bits per heavy atom. The van der Waals surface area contributed by atoms with Crippen LogP contribution < -0.4 is 0 Å². The van der Waals surface area contributed by atoms with Crippen LogP contribution in [-0.2, 0) is 18.5 Å². The first-order chi connectivity index (χ1) is 12.7. The van der Waals surface area contributed by atoms with Crippen LogP contribution in [0.25, 0.3) is 10.8 Å². The average Bonchev–Trinajstić information content (AvgIpc) is 3.01. The van der Waals surface area contributed by atoms with Crippen LogP contribution in [0, 0.1) is 0 Å². The Labute approximate surface area is 158 Å². The summed E-state index contributed by atoms with van der Waals surface area (Å²) in [6.07, 6.45) is 1.68. The molecule has 1 fully saturated rings. The normalized spacial score (nSPS) is 26.1. The topological polar surface area (TPSA) is 52.6 Å². The van der Waals surface area contributed by atoms with E-state index in [1.165, 1.54) is 0 Å². The van der Waals surface area contributed by atoms with Gasteiger partial charge in [0.25, 0.3) is 0 Å². The molecule has 2 atom stereocenters. The van der Waals surface area contributed by atoms with Crippen molar-refractivity contribution in [3.05, 3.63) is 42.5 Å². The zero-order valence-electron chi connectivity index (χ0n) is 14.7. The largest absolute Gasteiger partial charge is 0.523 e. The highest BCUT2D eigenvalue weighted by atomic mass is 32.3. The summed E-state index contributed by atoms with van der Waals surface area (Å²) in [6, 6.07) is 12.4. The highest BCUT2D eigenvalue weighted by Gasteiger charge is 2.55. The first-order valence-electron chi connectivity index (χ1n) is 8.63. The van der Waals surface area contributed by atoms with E-state index in [0.717, 1.165) is 5.39 Å². The van der Waals surface area contributed by atoms with Gasteiger partial charge in [0.1, 0.15) is 5.44 Å². The zero-order chi connectivity index (χ0) is 19.7. The van der Waals surface area contributed by atoms with E-state index in [1.54, 1.807) is 24.3 Å². The van der Waals surface area contributed by atoms with Crippen molar-refractivity contribution < 1.29 is 30.0 Å². The van der Waals surface area contributed by atoms with Crippen LogP contribution in [0.2, 0.25) is 0 Å². The molecule has 1 aliphatic rings. The Hall–Kier alpha value is -1.29. The predicted octanol–water partition coefficient (Wildman–Crippen LogP) is 5.33. The van der Waals surface area contributed by atoms with Crippen molar-refractivity contribution in [2.45, 2.75) is 42.0 Å². The van der Waals surface area contributed by atoms with E-state index in [9.17, 15) is 21.6 Å². The van der Waals surface area contributed by atoms with Crippen molar-refractivity contribution in [2.75, 3.05) is 12.4 Å². The van der Waals surface area contributed by atoms with Gasteiger partial charge < -0.3 is 4.74 Å². The Balaban J connectivity index is 2.19. The van der Waals surface area contributed by atoms with Crippen LogP contribution in [0.5, 0.6) is 0 Å². The van der Waals surface area contributed by atoms with Gasteiger partial charge in [0, 0.05) is 17.3 Å². The Morgan fingerprint density at radius 3 is 2.56 bits per heavy atom. The molecular weight excluding hydrogens is 401 g/mol. The molecule has 0 radical (unpaired) electrons. The van der Waals surface area contributed by atoms with Crippen LogP contribution in [0.3, 0.4) is 0 Å². The molecule has 0 amide bonds. The number of ether oxygens (including phenoxy) is 1. The quantitative estimate of drug-likeness (QED) is 0.591. The summed E-state index contributed by atoms with van der Waals surface area (Å²) in [7, 11) is -8.61. The summed E-state index contributed by atoms with van der Waals surface area (Å²) in [4.78, 5) is 0.493. The SMILES string of the molecule is CCCOC1CCCS1(OS(=O)(=O)C(F)(F)F)c1cccc2ccccc12. The van der Waals surface area contributed by atoms with Gasteiger partial charge in [-0.05, 0) is 36.1 Å². The van der Waals surface area contributed by atoms with Crippen LogP contribution in [-0.4, -0.2) is 31.7 Å². The van der Waals surface area contributed by atoms with Crippen LogP contribution in [0.4, 0.5) is 13.2 Å². The van der Waals surface area contributed by atoms with Gasteiger partial charge in [-0.3, -0.25) is 0 Å². The number of hydrogen-bond acceptors (Lipinski definition) is 4. The lowest BCUT2D eigenvalue weighted by atomic mass is 10.1. The van der Waals surface area contributed by atoms with Gasteiger partial charge in [0.2, 0.25) is 0 Å². The minimum atomic E-state index is -5.76. The second-order valence-corrected chi connectivity index (χ2v) is 11.1. The fourth-order valence-corrected chi connectivity index (χ4v) is 8.89. The van der Waals surface area contributed by atoms with Crippen molar-refractivity contribution in [1.29, 1.82) is 0 Å². The lowest BCUT2D eigenvalue weighted by Crippen LogP contribution is -2.31. The van der Waals surface area contributed by atoms with E-state index in [0.29, 0.717) is 36.2 Å². The van der Waals surface area contributed by atoms with Crippen molar-refractivity contribution in [3.8, 4) is 0 Å². The molecule has 0 aromatic heterocycles. The molecule has 4 nitrogen and oxygen atoms in total. The highest BCUT2D eigenvalue weighted by molar-refractivity contribution is 8.33. The lowest BCUT2D eigenvalue weighted by molar-refractivity contribution is -0.0497. The summed E-state index contributed by atoms with van der Waals surface area (Å²) >= 11 is 0. The molecule has 0 N–H and O–H groups in total. The molecule has 2 unspecified atom stereocenters. The van der Waals surface area contributed by atoms with Crippen molar-refractivity contribution in [2.24, 2.45) is 0 Å². The number of fused-ring (bicyclic) bond motifs is 1. The predicted molar refractivity (Wildman–Crippen MR) is 100.0 cm³/mol. The van der Waals surface area contributed by atoms with Gasteiger partial charge in [-0.1, -0.05) is 53.6 Å². The van der Waals surface area contributed by atoms with E-state index in [2.05, 4.69) is 0 Å². The summed E-state index contributed by atoms with van der Waals surface area (Å²) < 4.78 is 74.2. The van der Waals surface area contributed by atoms with Gasteiger partial charge in [-0.15, -0.1) is 0 Å². The Kier molecular flexibility index (Phi) is 5.77. The number of benzene rings is 2. The van der Waals surface area contributed by atoms with Gasteiger partial charge in [0.15, 0.2) is 0 Å². The van der Waals surface area contributed by atoms with Crippen LogP contribution in [0.15, 0.2) is 47.4 Å². The van der Waals surface area contributed by atoms with Crippen molar-refractivity contribution >= 4 is 31.2 Å². The third kappa shape index (κ3) is 3.83. The molecule has 1 saturated heterocycles. The molecule has 3 rings (SSSR count).